The Hall–Kier alpha value is -2.00. The third-order valence-electron chi connectivity index (χ3n) is 4.24. The Balaban J connectivity index is 2.27. The van der Waals surface area contributed by atoms with Crippen LogP contribution in [0.3, 0.4) is 0 Å². The van der Waals surface area contributed by atoms with Gasteiger partial charge in [-0.05, 0) is 48.6 Å². The molecule has 0 aliphatic rings. The minimum atomic E-state index is -0.253. The summed E-state index contributed by atoms with van der Waals surface area (Å²) in [6, 6.07) is 9.65. The number of aryl methyl sites for hydroxylation is 3. The second kappa shape index (κ2) is 8.91. The summed E-state index contributed by atoms with van der Waals surface area (Å²) in [7, 11) is 0. The van der Waals surface area contributed by atoms with Gasteiger partial charge in [0.2, 0.25) is 0 Å². The average Bonchev–Trinajstić information content (AvgIpc) is 2.61. The first-order valence-electron chi connectivity index (χ1n) is 8.73. The Morgan fingerprint density at radius 1 is 1.04 bits per heavy atom. The standard InChI is InChI=1S/C21H25ClO3/c1-5-15-11-16(6-2)20(12-18(15)22)24-13-17-14(4)9-8-10-19(17)25-21(23)7-3/h8-12H,5-7,13H2,1-4H3. The van der Waals surface area contributed by atoms with Crippen molar-refractivity contribution < 1.29 is 14.3 Å². The van der Waals surface area contributed by atoms with Gasteiger partial charge in [0.25, 0.3) is 0 Å². The van der Waals surface area contributed by atoms with E-state index in [4.69, 9.17) is 21.1 Å². The smallest absolute Gasteiger partial charge is 0.310 e. The number of hydrogen-bond acceptors (Lipinski definition) is 3. The van der Waals surface area contributed by atoms with E-state index in [1.165, 1.54) is 0 Å². The van der Waals surface area contributed by atoms with Crippen LogP contribution in [0, 0.1) is 6.92 Å². The van der Waals surface area contributed by atoms with Gasteiger partial charge in [0, 0.05) is 17.0 Å². The molecule has 0 spiro atoms. The first kappa shape index (κ1) is 19.3. The molecule has 0 radical (unpaired) electrons. The van der Waals surface area contributed by atoms with Gasteiger partial charge in [-0.1, -0.05) is 50.6 Å². The zero-order valence-corrected chi connectivity index (χ0v) is 16.1. The van der Waals surface area contributed by atoms with Gasteiger partial charge in [-0.2, -0.15) is 0 Å². The molecule has 0 aliphatic carbocycles. The number of esters is 1. The van der Waals surface area contributed by atoms with Crippen LogP contribution in [-0.2, 0) is 24.2 Å². The second-order valence-electron chi connectivity index (χ2n) is 5.93. The fraction of sp³-hybridized carbons (Fsp3) is 0.381. The van der Waals surface area contributed by atoms with Crippen molar-refractivity contribution in [3.05, 3.63) is 57.6 Å². The summed E-state index contributed by atoms with van der Waals surface area (Å²) in [5.41, 5.74) is 4.15. The van der Waals surface area contributed by atoms with Crippen molar-refractivity contribution in [3.8, 4) is 11.5 Å². The van der Waals surface area contributed by atoms with E-state index < -0.39 is 0 Å². The number of ether oxygens (including phenoxy) is 2. The SMILES string of the molecule is CCC(=O)Oc1cccc(C)c1COc1cc(Cl)c(CC)cc1CC. The molecule has 0 saturated carbocycles. The first-order chi connectivity index (χ1) is 12.0. The van der Waals surface area contributed by atoms with Crippen LogP contribution in [0.25, 0.3) is 0 Å². The molecule has 0 heterocycles. The van der Waals surface area contributed by atoms with Gasteiger partial charge in [0.1, 0.15) is 18.1 Å². The van der Waals surface area contributed by atoms with Crippen LogP contribution < -0.4 is 9.47 Å². The van der Waals surface area contributed by atoms with Gasteiger partial charge < -0.3 is 9.47 Å². The number of benzene rings is 2. The van der Waals surface area contributed by atoms with Crippen LogP contribution in [0.1, 0.15) is 49.4 Å². The van der Waals surface area contributed by atoms with E-state index in [1.807, 2.05) is 25.1 Å². The van der Waals surface area contributed by atoms with E-state index in [-0.39, 0.29) is 5.97 Å². The summed E-state index contributed by atoms with van der Waals surface area (Å²) in [4.78, 5) is 11.7. The van der Waals surface area contributed by atoms with Crippen molar-refractivity contribution in [2.24, 2.45) is 0 Å². The maximum Gasteiger partial charge on any atom is 0.310 e. The normalized spacial score (nSPS) is 10.6. The van der Waals surface area contributed by atoms with Crippen molar-refractivity contribution >= 4 is 17.6 Å². The molecule has 134 valence electrons. The van der Waals surface area contributed by atoms with E-state index in [0.717, 1.165) is 45.9 Å². The predicted molar refractivity (Wildman–Crippen MR) is 102 cm³/mol. The number of halogens is 1. The number of rotatable bonds is 7. The molecule has 25 heavy (non-hydrogen) atoms. The van der Waals surface area contributed by atoms with Crippen LogP contribution in [-0.4, -0.2) is 5.97 Å². The molecule has 0 amide bonds. The van der Waals surface area contributed by atoms with Gasteiger partial charge in [-0.15, -0.1) is 0 Å². The highest BCUT2D eigenvalue weighted by molar-refractivity contribution is 6.31. The molecule has 0 N–H and O–H groups in total. The molecule has 4 heteroatoms. The van der Waals surface area contributed by atoms with Gasteiger partial charge in [-0.25, -0.2) is 0 Å². The maximum atomic E-state index is 11.7. The van der Waals surface area contributed by atoms with Gasteiger partial charge in [-0.3, -0.25) is 4.79 Å². The average molecular weight is 361 g/mol. The molecule has 0 atom stereocenters. The van der Waals surface area contributed by atoms with Crippen molar-refractivity contribution in [2.45, 2.75) is 53.6 Å². The fourth-order valence-corrected chi connectivity index (χ4v) is 2.92. The van der Waals surface area contributed by atoms with E-state index in [9.17, 15) is 4.79 Å². The highest BCUT2D eigenvalue weighted by atomic mass is 35.5. The number of hydrogen-bond donors (Lipinski definition) is 0. The quantitative estimate of drug-likeness (QED) is 0.471. The monoisotopic (exact) mass is 360 g/mol. The van der Waals surface area contributed by atoms with Crippen LogP contribution in [0.2, 0.25) is 5.02 Å². The van der Waals surface area contributed by atoms with Crippen molar-refractivity contribution in [1.29, 1.82) is 0 Å². The Morgan fingerprint density at radius 3 is 2.40 bits per heavy atom. The van der Waals surface area contributed by atoms with Gasteiger partial charge in [0.15, 0.2) is 0 Å². The fourth-order valence-electron chi connectivity index (χ4n) is 2.63. The zero-order chi connectivity index (χ0) is 18.4. The van der Waals surface area contributed by atoms with Crippen molar-refractivity contribution in [3.63, 3.8) is 0 Å². The molecule has 2 rings (SSSR count). The predicted octanol–water partition coefficient (Wildman–Crippen LogP) is 5.67. The molecule has 2 aromatic rings. The van der Waals surface area contributed by atoms with E-state index in [0.29, 0.717) is 18.8 Å². The van der Waals surface area contributed by atoms with Crippen molar-refractivity contribution in [2.75, 3.05) is 0 Å². The summed E-state index contributed by atoms with van der Waals surface area (Å²) in [5, 5.41) is 0.720. The number of carbonyl (C=O) groups excluding carboxylic acids is 1. The largest absolute Gasteiger partial charge is 0.488 e. The molecule has 2 aromatic carbocycles. The molecule has 0 aliphatic heterocycles. The second-order valence-corrected chi connectivity index (χ2v) is 6.33. The lowest BCUT2D eigenvalue weighted by Crippen LogP contribution is -2.10. The molecule has 0 unspecified atom stereocenters. The summed E-state index contributed by atoms with van der Waals surface area (Å²) >= 11 is 6.34. The van der Waals surface area contributed by atoms with Crippen molar-refractivity contribution in [1.82, 2.24) is 0 Å². The van der Waals surface area contributed by atoms with E-state index in [2.05, 4.69) is 19.9 Å². The Morgan fingerprint density at radius 2 is 1.76 bits per heavy atom. The third kappa shape index (κ3) is 4.76. The molecule has 0 bridgehead atoms. The summed E-state index contributed by atoms with van der Waals surface area (Å²) in [6.45, 7) is 8.27. The minimum absolute atomic E-state index is 0.253. The van der Waals surface area contributed by atoms with Gasteiger partial charge in [0.05, 0.1) is 0 Å². The molecular weight excluding hydrogens is 336 g/mol. The molecule has 0 fully saturated rings. The summed E-state index contributed by atoms with van der Waals surface area (Å²) in [5.74, 6) is 1.08. The van der Waals surface area contributed by atoms with Crippen LogP contribution in [0.4, 0.5) is 0 Å². The third-order valence-corrected chi connectivity index (χ3v) is 4.59. The highest BCUT2D eigenvalue weighted by Crippen LogP contribution is 2.30. The van der Waals surface area contributed by atoms with Crippen LogP contribution in [0.15, 0.2) is 30.3 Å². The lowest BCUT2D eigenvalue weighted by Gasteiger charge is -2.16. The Kier molecular flexibility index (Phi) is 6.89. The first-order valence-corrected chi connectivity index (χ1v) is 9.11. The molecular formula is C21H25ClO3. The molecule has 3 nitrogen and oxygen atoms in total. The summed E-state index contributed by atoms with van der Waals surface area (Å²) in [6.07, 6.45) is 2.09. The molecule has 0 saturated heterocycles. The Bertz CT molecular complexity index is 753. The highest BCUT2D eigenvalue weighted by Gasteiger charge is 2.13. The number of carbonyl (C=O) groups is 1. The van der Waals surface area contributed by atoms with E-state index in [1.54, 1.807) is 13.0 Å². The van der Waals surface area contributed by atoms with Crippen LogP contribution >= 0.6 is 11.6 Å². The summed E-state index contributed by atoms with van der Waals surface area (Å²) < 4.78 is 11.5. The zero-order valence-electron chi connectivity index (χ0n) is 15.3. The lowest BCUT2D eigenvalue weighted by molar-refractivity contribution is -0.134. The Labute approximate surface area is 154 Å². The topological polar surface area (TPSA) is 35.5 Å². The molecule has 0 aromatic heterocycles. The van der Waals surface area contributed by atoms with Crippen LogP contribution in [0.5, 0.6) is 11.5 Å². The minimum Gasteiger partial charge on any atom is -0.488 e. The maximum absolute atomic E-state index is 11.7. The lowest BCUT2D eigenvalue weighted by atomic mass is 10.1. The van der Waals surface area contributed by atoms with Gasteiger partial charge >= 0.3 is 5.97 Å². The van der Waals surface area contributed by atoms with E-state index >= 15 is 0 Å².